The molecule has 4 rings (SSSR count). The van der Waals surface area contributed by atoms with Crippen molar-refractivity contribution in [3.63, 3.8) is 0 Å². The number of amides is 1. The molecule has 0 unspecified atom stereocenters. The van der Waals surface area contributed by atoms with Crippen molar-refractivity contribution >= 4 is 11.7 Å². The molecule has 2 aliphatic rings. The zero-order chi connectivity index (χ0) is 21.5. The van der Waals surface area contributed by atoms with Crippen LogP contribution in [-0.2, 0) is 4.79 Å². The van der Waals surface area contributed by atoms with E-state index >= 15 is 0 Å². The van der Waals surface area contributed by atoms with Crippen LogP contribution in [0, 0.1) is 0 Å². The first kappa shape index (κ1) is 20.7. The highest BCUT2D eigenvalue weighted by Crippen LogP contribution is 2.42. The molecule has 0 radical (unpaired) electrons. The molecule has 10 heteroatoms. The van der Waals surface area contributed by atoms with Crippen molar-refractivity contribution in [1.29, 1.82) is 0 Å². The van der Waals surface area contributed by atoms with E-state index in [2.05, 4.69) is 15.5 Å². The van der Waals surface area contributed by atoms with E-state index in [4.69, 9.17) is 0 Å². The number of aromatic nitrogens is 4. The Hall–Kier alpha value is -2.52. The highest BCUT2D eigenvalue weighted by Gasteiger charge is 2.46. The van der Waals surface area contributed by atoms with Crippen LogP contribution in [0.4, 0.5) is 19.0 Å². The van der Waals surface area contributed by atoms with E-state index in [0.717, 1.165) is 11.1 Å². The van der Waals surface area contributed by atoms with Gasteiger partial charge < -0.3 is 10.2 Å². The summed E-state index contributed by atoms with van der Waals surface area (Å²) in [5.41, 5.74) is 0.529. The second-order valence-corrected chi connectivity index (χ2v) is 8.23. The summed E-state index contributed by atoms with van der Waals surface area (Å²) in [5, 5.41) is 11.7. The Morgan fingerprint density at radius 2 is 2.20 bits per heavy atom. The van der Waals surface area contributed by atoms with E-state index in [9.17, 15) is 18.0 Å². The third-order valence-corrected chi connectivity index (χ3v) is 6.14. The lowest BCUT2D eigenvalue weighted by atomic mass is 10.0. The van der Waals surface area contributed by atoms with Crippen molar-refractivity contribution in [3.05, 3.63) is 30.2 Å². The third-order valence-electron chi connectivity index (χ3n) is 6.14. The number of rotatable bonds is 5. The van der Waals surface area contributed by atoms with Gasteiger partial charge in [-0.25, -0.2) is 4.68 Å². The SMILES string of the molecule is CC[C@@H]1C[C@H](C(F)(F)F)n2nc([C@@H]3CCCN3C(=O)C[C@H](C)n3cccn3)cc2N1. The van der Waals surface area contributed by atoms with Gasteiger partial charge in [0.05, 0.1) is 17.8 Å². The van der Waals surface area contributed by atoms with E-state index in [1.54, 1.807) is 21.8 Å². The third kappa shape index (κ3) is 3.91. The van der Waals surface area contributed by atoms with Crippen molar-refractivity contribution in [2.24, 2.45) is 0 Å². The van der Waals surface area contributed by atoms with Crippen LogP contribution < -0.4 is 5.32 Å². The highest BCUT2D eigenvalue weighted by atomic mass is 19.4. The number of carbonyl (C=O) groups is 1. The molecule has 30 heavy (non-hydrogen) atoms. The fourth-order valence-electron chi connectivity index (χ4n) is 4.48. The van der Waals surface area contributed by atoms with Gasteiger partial charge >= 0.3 is 6.18 Å². The lowest BCUT2D eigenvalue weighted by Crippen LogP contribution is -2.39. The molecule has 1 saturated heterocycles. The molecule has 2 aliphatic heterocycles. The minimum atomic E-state index is -4.36. The molecule has 4 heterocycles. The van der Waals surface area contributed by atoms with Gasteiger partial charge in [0.15, 0.2) is 6.04 Å². The largest absolute Gasteiger partial charge is 0.410 e. The topological polar surface area (TPSA) is 68.0 Å². The first-order valence-electron chi connectivity index (χ1n) is 10.5. The van der Waals surface area contributed by atoms with Gasteiger partial charge in [-0.1, -0.05) is 6.92 Å². The number of nitrogens with zero attached hydrogens (tertiary/aromatic N) is 5. The fraction of sp³-hybridized carbons (Fsp3) is 0.650. The van der Waals surface area contributed by atoms with Gasteiger partial charge in [0.2, 0.25) is 5.91 Å². The summed E-state index contributed by atoms with van der Waals surface area (Å²) in [6.45, 7) is 4.38. The molecule has 2 aromatic rings. The predicted molar refractivity (Wildman–Crippen MR) is 105 cm³/mol. The number of hydrogen-bond donors (Lipinski definition) is 1. The molecule has 0 bridgehead atoms. The van der Waals surface area contributed by atoms with Gasteiger partial charge in [-0.3, -0.25) is 9.48 Å². The molecule has 164 valence electrons. The molecule has 0 aromatic carbocycles. The number of fused-ring (bicyclic) bond motifs is 1. The molecule has 4 atom stereocenters. The average Bonchev–Trinajstić information content (AvgIpc) is 3.45. The average molecular weight is 424 g/mol. The minimum absolute atomic E-state index is 0.0294. The first-order chi connectivity index (χ1) is 14.3. The van der Waals surface area contributed by atoms with Gasteiger partial charge in [0.1, 0.15) is 5.82 Å². The van der Waals surface area contributed by atoms with Crippen LogP contribution in [0.3, 0.4) is 0 Å². The summed E-state index contributed by atoms with van der Waals surface area (Å²) < 4.78 is 43.7. The lowest BCUT2D eigenvalue weighted by molar-refractivity contribution is -0.173. The predicted octanol–water partition coefficient (Wildman–Crippen LogP) is 4.09. The second-order valence-electron chi connectivity index (χ2n) is 8.23. The summed E-state index contributed by atoms with van der Waals surface area (Å²) in [5.74, 6) is 0.355. The summed E-state index contributed by atoms with van der Waals surface area (Å²) in [6, 6.07) is 1.22. The van der Waals surface area contributed by atoms with E-state index in [1.165, 1.54) is 0 Å². The zero-order valence-corrected chi connectivity index (χ0v) is 17.1. The fourth-order valence-corrected chi connectivity index (χ4v) is 4.48. The summed E-state index contributed by atoms with van der Waals surface area (Å²) >= 11 is 0. The Morgan fingerprint density at radius 1 is 1.40 bits per heavy atom. The summed E-state index contributed by atoms with van der Waals surface area (Å²) in [4.78, 5) is 14.7. The van der Waals surface area contributed by atoms with Gasteiger partial charge in [-0.15, -0.1) is 0 Å². The van der Waals surface area contributed by atoms with Crippen LogP contribution >= 0.6 is 0 Å². The van der Waals surface area contributed by atoms with E-state index < -0.39 is 12.2 Å². The molecule has 2 aromatic heterocycles. The molecule has 1 fully saturated rings. The normalized spacial score (nSPS) is 25.1. The van der Waals surface area contributed by atoms with Crippen LogP contribution in [0.15, 0.2) is 24.5 Å². The monoisotopic (exact) mass is 424 g/mol. The van der Waals surface area contributed by atoms with Crippen molar-refractivity contribution < 1.29 is 18.0 Å². The maximum atomic E-state index is 13.6. The molecular formula is C20H27F3N6O. The zero-order valence-electron chi connectivity index (χ0n) is 17.1. The minimum Gasteiger partial charge on any atom is -0.367 e. The summed E-state index contributed by atoms with van der Waals surface area (Å²) in [6.07, 6.45) is 1.48. The molecule has 1 N–H and O–H groups in total. The molecular weight excluding hydrogens is 397 g/mol. The van der Waals surface area contributed by atoms with Crippen molar-refractivity contribution in [2.75, 3.05) is 11.9 Å². The Kier molecular flexibility index (Phi) is 5.50. The standard InChI is InChI=1S/C20H27F3N6O/c1-3-14-11-17(20(21,22)23)29-18(25-14)12-15(26-29)16-6-4-8-27(16)19(30)10-13(2)28-9-5-7-24-28/h5,7,9,12-14,16-17,25H,3-4,6,8,10-11H2,1-2H3/t13-,14+,16-,17+/m0/s1. The van der Waals surface area contributed by atoms with E-state index in [-0.39, 0.29) is 36.9 Å². The first-order valence-corrected chi connectivity index (χ1v) is 10.5. The van der Waals surface area contributed by atoms with E-state index in [1.807, 2.05) is 26.1 Å². The van der Waals surface area contributed by atoms with Crippen LogP contribution in [0.2, 0.25) is 0 Å². The van der Waals surface area contributed by atoms with Crippen LogP contribution in [0.25, 0.3) is 0 Å². The number of anilines is 1. The number of nitrogens with one attached hydrogen (secondary N) is 1. The molecule has 0 aliphatic carbocycles. The van der Waals surface area contributed by atoms with Gasteiger partial charge in [0, 0.05) is 37.5 Å². The second kappa shape index (κ2) is 7.96. The van der Waals surface area contributed by atoms with Crippen LogP contribution in [0.5, 0.6) is 0 Å². The Balaban J connectivity index is 1.55. The molecule has 0 spiro atoms. The van der Waals surface area contributed by atoms with Gasteiger partial charge in [0.25, 0.3) is 0 Å². The number of alkyl halides is 3. The molecule has 0 saturated carbocycles. The summed E-state index contributed by atoms with van der Waals surface area (Å²) in [7, 11) is 0. The van der Waals surface area contributed by atoms with Crippen LogP contribution in [0.1, 0.15) is 69.8 Å². The van der Waals surface area contributed by atoms with Crippen molar-refractivity contribution in [2.45, 2.75) is 76.3 Å². The number of carbonyl (C=O) groups excluding carboxylic acids is 1. The highest BCUT2D eigenvalue weighted by molar-refractivity contribution is 5.77. The van der Waals surface area contributed by atoms with E-state index in [0.29, 0.717) is 30.9 Å². The van der Waals surface area contributed by atoms with Crippen molar-refractivity contribution in [1.82, 2.24) is 24.5 Å². The van der Waals surface area contributed by atoms with Gasteiger partial charge in [-0.05, 0) is 38.7 Å². The maximum absolute atomic E-state index is 13.6. The smallest absolute Gasteiger partial charge is 0.367 e. The van der Waals surface area contributed by atoms with Crippen molar-refractivity contribution in [3.8, 4) is 0 Å². The van der Waals surface area contributed by atoms with Gasteiger partial charge in [-0.2, -0.15) is 23.4 Å². The molecule has 7 nitrogen and oxygen atoms in total. The van der Waals surface area contributed by atoms with Crippen LogP contribution in [-0.4, -0.2) is 49.1 Å². The Morgan fingerprint density at radius 3 is 2.87 bits per heavy atom. The quantitative estimate of drug-likeness (QED) is 0.785. The maximum Gasteiger partial charge on any atom is 0.410 e. The molecule has 1 amide bonds. The number of likely N-dealkylation sites (tertiary alicyclic amines) is 1. The Labute approximate surface area is 173 Å². The number of halogens is 3. The number of hydrogen-bond acceptors (Lipinski definition) is 4. The lowest BCUT2D eigenvalue weighted by Gasteiger charge is -2.32. The Bertz CT molecular complexity index is 878.